The number of nitrogens with zero attached hydrogens (tertiary/aromatic N) is 2. The van der Waals surface area contributed by atoms with E-state index in [4.69, 9.17) is 0 Å². The fourth-order valence-corrected chi connectivity index (χ4v) is 3.29. The largest absolute Gasteiger partial charge is 0.384 e. The fraction of sp³-hybridized carbons (Fsp3) is 0.381. The fourth-order valence-electron chi connectivity index (χ4n) is 3.29. The maximum atomic E-state index is 4.54. The Balaban J connectivity index is 1.75. The van der Waals surface area contributed by atoms with E-state index in [1.54, 1.807) is 0 Å². The molecule has 24 heavy (non-hydrogen) atoms. The van der Waals surface area contributed by atoms with Crippen LogP contribution in [0.2, 0.25) is 0 Å². The van der Waals surface area contributed by atoms with Crippen molar-refractivity contribution in [2.24, 2.45) is 0 Å². The van der Waals surface area contributed by atoms with E-state index < -0.39 is 0 Å². The average molecular weight is 321 g/mol. The normalized spacial score (nSPS) is 11.5. The first-order valence-corrected chi connectivity index (χ1v) is 9.06. The molecule has 0 unspecified atom stereocenters. The number of benzene rings is 2. The van der Waals surface area contributed by atoms with Crippen LogP contribution in [0, 0.1) is 0 Å². The number of anilines is 1. The van der Waals surface area contributed by atoms with E-state index >= 15 is 0 Å². The summed E-state index contributed by atoms with van der Waals surface area (Å²) in [5.41, 5.74) is 2.28. The van der Waals surface area contributed by atoms with Crippen molar-refractivity contribution in [2.45, 2.75) is 26.7 Å². The molecule has 0 saturated heterocycles. The van der Waals surface area contributed by atoms with Crippen molar-refractivity contribution < 1.29 is 0 Å². The van der Waals surface area contributed by atoms with E-state index in [9.17, 15) is 0 Å². The Morgan fingerprint density at radius 1 is 0.958 bits per heavy atom. The van der Waals surface area contributed by atoms with Crippen LogP contribution in [0.25, 0.3) is 21.7 Å². The average Bonchev–Trinajstić information content (AvgIpc) is 2.64. The predicted octanol–water partition coefficient (Wildman–Crippen LogP) is 4.92. The number of rotatable bonds is 8. The number of hydrogen-bond acceptors (Lipinski definition) is 3. The molecule has 1 heterocycles. The molecule has 0 aliphatic heterocycles. The van der Waals surface area contributed by atoms with Gasteiger partial charge in [0.1, 0.15) is 0 Å². The van der Waals surface area contributed by atoms with Crippen LogP contribution in [0.3, 0.4) is 0 Å². The molecule has 0 radical (unpaired) electrons. The second-order valence-electron chi connectivity index (χ2n) is 6.20. The molecule has 0 amide bonds. The minimum absolute atomic E-state index is 0.999. The molecule has 126 valence electrons. The lowest BCUT2D eigenvalue weighted by Crippen LogP contribution is -2.24. The molecule has 0 bridgehead atoms. The number of nitrogens with one attached hydrogen (secondary N) is 1. The highest BCUT2D eigenvalue weighted by Crippen LogP contribution is 2.31. The summed E-state index contributed by atoms with van der Waals surface area (Å²) >= 11 is 0. The smallest absolute Gasteiger partial charge is 0.0729 e. The van der Waals surface area contributed by atoms with Gasteiger partial charge in [-0.05, 0) is 56.1 Å². The summed E-state index contributed by atoms with van der Waals surface area (Å²) in [5, 5.41) is 7.41. The second kappa shape index (κ2) is 8.11. The highest BCUT2D eigenvalue weighted by Gasteiger charge is 2.07. The number of unbranched alkanes of at least 4 members (excludes halogenated alkanes) is 1. The van der Waals surface area contributed by atoms with E-state index in [1.165, 1.54) is 41.2 Å². The molecule has 3 rings (SSSR count). The van der Waals surface area contributed by atoms with Crippen LogP contribution in [-0.2, 0) is 0 Å². The molecule has 0 spiro atoms. The van der Waals surface area contributed by atoms with E-state index in [0.29, 0.717) is 0 Å². The Hall–Kier alpha value is -2.13. The molecule has 1 aromatic heterocycles. The monoisotopic (exact) mass is 321 g/mol. The molecular formula is C21H27N3. The highest BCUT2D eigenvalue weighted by atomic mass is 15.1. The van der Waals surface area contributed by atoms with Gasteiger partial charge >= 0.3 is 0 Å². The predicted molar refractivity (Wildman–Crippen MR) is 105 cm³/mol. The van der Waals surface area contributed by atoms with Crippen molar-refractivity contribution in [1.29, 1.82) is 0 Å². The van der Waals surface area contributed by atoms with Gasteiger partial charge in [0.15, 0.2) is 0 Å². The zero-order valence-corrected chi connectivity index (χ0v) is 14.8. The van der Waals surface area contributed by atoms with Crippen LogP contribution >= 0.6 is 0 Å². The molecule has 0 fully saturated rings. The van der Waals surface area contributed by atoms with Crippen molar-refractivity contribution in [3.05, 3.63) is 48.7 Å². The molecule has 0 aliphatic rings. The molecule has 3 aromatic rings. The minimum Gasteiger partial charge on any atom is -0.384 e. The van der Waals surface area contributed by atoms with E-state index in [1.807, 2.05) is 12.3 Å². The standard InChI is InChI=1S/C21H27N3/c1-3-24(4-2)15-8-7-13-23-21-18-11-6-5-10-17(18)16-20-19(21)12-9-14-22-20/h5-6,9-12,14,16,23H,3-4,7-8,13,15H2,1-2H3. The van der Waals surface area contributed by atoms with Gasteiger partial charge in [0, 0.05) is 23.5 Å². The van der Waals surface area contributed by atoms with Gasteiger partial charge in [0.2, 0.25) is 0 Å². The quantitative estimate of drug-likeness (QED) is 0.471. The van der Waals surface area contributed by atoms with Gasteiger partial charge in [-0.15, -0.1) is 0 Å². The Labute approximate surface area is 144 Å². The van der Waals surface area contributed by atoms with Crippen LogP contribution in [0.4, 0.5) is 5.69 Å². The lowest BCUT2D eigenvalue weighted by molar-refractivity contribution is 0.298. The van der Waals surface area contributed by atoms with Crippen molar-refractivity contribution >= 4 is 27.4 Å². The topological polar surface area (TPSA) is 28.2 Å². The molecule has 3 nitrogen and oxygen atoms in total. The second-order valence-corrected chi connectivity index (χ2v) is 6.20. The molecule has 0 atom stereocenters. The third-order valence-electron chi connectivity index (χ3n) is 4.73. The van der Waals surface area contributed by atoms with Gasteiger partial charge in [0.25, 0.3) is 0 Å². The lowest BCUT2D eigenvalue weighted by atomic mass is 10.0. The maximum Gasteiger partial charge on any atom is 0.0729 e. The van der Waals surface area contributed by atoms with Crippen LogP contribution in [0.15, 0.2) is 48.7 Å². The third kappa shape index (κ3) is 3.68. The summed E-state index contributed by atoms with van der Waals surface area (Å²) in [5.74, 6) is 0. The Kier molecular flexibility index (Phi) is 5.65. The lowest BCUT2D eigenvalue weighted by Gasteiger charge is -2.18. The summed E-state index contributed by atoms with van der Waals surface area (Å²) in [6.45, 7) is 8.94. The van der Waals surface area contributed by atoms with Gasteiger partial charge in [0.05, 0.1) is 11.2 Å². The zero-order chi connectivity index (χ0) is 16.8. The Bertz CT molecular complexity index is 739. The SMILES string of the molecule is CCN(CC)CCCCNc1c2ccccc2cc2ncccc12. The van der Waals surface area contributed by atoms with Crippen molar-refractivity contribution in [2.75, 3.05) is 31.5 Å². The van der Waals surface area contributed by atoms with Crippen molar-refractivity contribution in [3.8, 4) is 0 Å². The van der Waals surface area contributed by atoms with Gasteiger partial charge < -0.3 is 10.2 Å². The van der Waals surface area contributed by atoms with Gasteiger partial charge in [-0.3, -0.25) is 4.98 Å². The Morgan fingerprint density at radius 3 is 2.58 bits per heavy atom. The minimum atomic E-state index is 0.999. The molecule has 0 saturated carbocycles. The summed E-state index contributed by atoms with van der Waals surface area (Å²) in [7, 11) is 0. The summed E-state index contributed by atoms with van der Waals surface area (Å²) < 4.78 is 0. The van der Waals surface area contributed by atoms with Gasteiger partial charge in [-0.25, -0.2) is 0 Å². The number of hydrogen-bond donors (Lipinski definition) is 1. The molecule has 3 heteroatoms. The summed E-state index contributed by atoms with van der Waals surface area (Å²) in [6.07, 6.45) is 4.28. The first-order chi connectivity index (χ1) is 11.8. The van der Waals surface area contributed by atoms with E-state index in [-0.39, 0.29) is 0 Å². The zero-order valence-electron chi connectivity index (χ0n) is 14.8. The summed E-state index contributed by atoms with van der Waals surface area (Å²) in [6, 6.07) is 14.9. The van der Waals surface area contributed by atoms with Crippen LogP contribution in [-0.4, -0.2) is 36.1 Å². The maximum absolute atomic E-state index is 4.54. The van der Waals surface area contributed by atoms with Crippen LogP contribution in [0.5, 0.6) is 0 Å². The number of aromatic nitrogens is 1. The first kappa shape index (κ1) is 16.7. The summed E-state index contributed by atoms with van der Waals surface area (Å²) in [4.78, 5) is 7.02. The molecule has 1 N–H and O–H groups in total. The van der Waals surface area contributed by atoms with Crippen molar-refractivity contribution in [1.82, 2.24) is 9.88 Å². The third-order valence-corrected chi connectivity index (χ3v) is 4.73. The van der Waals surface area contributed by atoms with Crippen LogP contribution < -0.4 is 5.32 Å². The Morgan fingerprint density at radius 2 is 1.75 bits per heavy atom. The van der Waals surface area contributed by atoms with E-state index in [0.717, 1.165) is 25.2 Å². The highest BCUT2D eigenvalue weighted by molar-refractivity contribution is 6.09. The van der Waals surface area contributed by atoms with Crippen molar-refractivity contribution in [3.63, 3.8) is 0 Å². The molecule has 2 aromatic carbocycles. The van der Waals surface area contributed by atoms with Gasteiger partial charge in [-0.1, -0.05) is 38.1 Å². The van der Waals surface area contributed by atoms with Crippen LogP contribution in [0.1, 0.15) is 26.7 Å². The molecule has 0 aliphatic carbocycles. The first-order valence-electron chi connectivity index (χ1n) is 9.06. The molecular weight excluding hydrogens is 294 g/mol. The van der Waals surface area contributed by atoms with Gasteiger partial charge in [-0.2, -0.15) is 0 Å². The number of pyridine rings is 1. The number of fused-ring (bicyclic) bond motifs is 2. The van der Waals surface area contributed by atoms with E-state index in [2.05, 4.69) is 65.4 Å².